The first-order chi connectivity index (χ1) is 7.94. The van der Waals surface area contributed by atoms with E-state index in [-0.39, 0.29) is 0 Å². The quantitative estimate of drug-likeness (QED) is 0.842. The second kappa shape index (κ2) is 4.15. The molecule has 92 valence electrons. The third-order valence-corrected chi connectivity index (χ3v) is 3.54. The van der Waals surface area contributed by atoms with Gasteiger partial charge in [-0.3, -0.25) is 4.79 Å². The molecule has 3 heteroatoms. The molecule has 1 fully saturated rings. The lowest BCUT2D eigenvalue weighted by molar-refractivity contribution is -0.153. The van der Waals surface area contributed by atoms with Crippen molar-refractivity contribution in [3.05, 3.63) is 35.4 Å². The summed E-state index contributed by atoms with van der Waals surface area (Å²) in [6.45, 7) is 3.12. The van der Waals surface area contributed by atoms with Gasteiger partial charge < -0.3 is 10.2 Å². The Bertz CT molecular complexity index is 433. The van der Waals surface area contributed by atoms with Crippen molar-refractivity contribution in [3.8, 4) is 0 Å². The molecule has 0 amide bonds. The minimum absolute atomic E-state index is 0.505. The lowest BCUT2D eigenvalue weighted by Gasteiger charge is -2.27. The number of hydrogen-bond donors (Lipinski definition) is 2. The van der Waals surface area contributed by atoms with Gasteiger partial charge in [0.1, 0.15) is 0 Å². The number of rotatable bonds is 4. The fourth-order valence-electron chi connectivity index (χ4n) is 2.03. The molecular formula is C14H18O3. The Morgan fingerprint density at radius 3 is 2.47 bits per heavy atom. The highest BCUT2D eigenvalue weighted by atomic mass is 16.4. The third kappa shape index (κ3) is 2.20. The Hall–Kier alpha value is -1.35. The molecule has 0 radical (unpaired) electrons. The average molecular weight is 234 g/mol. The van der Waals surface area contributed by atoms with Crippen LogP contribution in [0.4, 0.5) is 0 Å². The van der Waals surface area contributed by atoms with Gasteiger partial charge in [-0.2, -0.15) is 0 Å². The van der Waals surface area contributed by atoms with Gasteiger partial charge in [0, 0.05) is 0 Å². The van der Waals surface area contributed by atoms with E-state index >= 15 is 0 Å². The van der Waals surface area contributed by atoms with Crippen molar-refractivity contribution in [2.45, 2.75) is 38.7 Å². The van der Waals surface area contributed by atoms with Gasteiger partial charge >= 0.3 is 5.97 Å². The molecule has 1 aromatic carbocycles. The van der Waals surface area contributed by atoms with Crippen LogP contribution in [0.1, 0.15) is 49.8 Å². The number of carbonyl (C=O) groups is 1. The summed E-state index contributed by atoms with van der Waals surface area (Å²) in [4.78, 5) is 11.2. The maximum absolute atomic E-state index is 11.2. The Morgan fingerprint density at radius 2 is 1.94 bits per heavy atom. The third-order valence-electron chi connectivity index (χ3n) is 3.54. The zero-order chi connectivity index (χ0) is 12.6. The number of carboxylic acid groups (broad SMARTS) is 1. The topological polar surface area (TPSA) is 57.5 Å². The van der Waals surface area contributed by atoms with Crippen molar-refractivity contribution in [3.63, 3.8) is 0 Å². The first kappa shape index (κ1) is 12.1. The van der Waals surface area contributed by atoms with Gasteiger partial charge in [0.2, 0.25) is 0 Å². The average Bonchev–Trinajstić information content (AvgIpc) is 3.11. The second-order valence-electron chi connectivity index (χ2n) is 5.33. The van der Waals surface area contributed by atoms with Crippen LogP contribution in [-0.4, -0.2) is 16.2 Å². The van der Waals surface area contributed by atoms with Crippen molar-refractivity contribution < 1.29 is 15.0 Å². The van der Waals surface area contributed by atoms with Crippen molar-refractivity contribution in [2.24, 2.45) is 5.41 Å². The summed E-state index contributed by atoms with van der Waals surface area (Å²) in [5.41, 5.74) is 0.710. The van der Waals surface area contributed by atoms with Crippen LogP contribution >= 0.6 is 0 Å². The molecule has 0 bridgehead atoms. The normalized spacial score (nSPS) is 17.8. The summed E-state index contributed by atoms with van der Waals surface area (Å²) >= 11 is 0. The molecule has 0 saturated heterocycles. The lowest BCUT2D eigenvalue weighted by Crippen LogP contribution is -2.31. The van der Waals surface area contributed by atoms with Gasteiger partial charge in [-0.1, -0.05) is 24.3 Å². The van der Waals surface area contributed by atoms with Crippen molar-refractivity contribution >= 4 is 5.97 Å². The summed E-state index contributed by atoms with van der Waals surface area (Å²) in [7, 11) is 0. The molecule has 1 aromatic rings. The summed E-state index contributed by atoms with van der Waals surface area (Å²) in [5.74, 6) is -0.471. The molecule has 0 spiro atoms. The van der Waals surface area contributed by atoms with Crippen molar-refractivity contribution in [2.75, 3.05) is 0 Å². The molecule has 1 aliphatic carbocycles. The molecule has 0 aromatic heterocycles. The van der Waals surface area contributed by atoms with Gasteiger partial charge in [0.25, 0.3) is 0 Å². The minimum Gasteiger partial charge on any atom is -0.481 e. The standard InChI is InChI=1S/C14H18O3/c1-14(2,13(16)17)12(15)11-6-4-3-5-10(11)9-7-8-9/h3-6,9,12,15H,7-8H2,1-2H3,(H,16,17). The van der Waals surface area contributed by atoms with E-state index in [1.807, 2.05) is 24.3 Å². The molecule has 0 aliphatic heterocycles. The van der Waals surface area contributed by atoms with E-state index in [0.717, 1.165) is 24.0 Å². The van der Waals surface area contributed by atoms with E-state index in [1.165, 1.54) is 0 Å². The van der Waals surface area contributed by atoms with Crippen LogP contribution in [0, 0.1) is 5.41 Å². The number of carboxylic acids is 1. The zero-order valence-corrected chi connectivity index (χ0v) is 10.2. The van der Waals surface area contributed by atoms with Gasteiger partial charge in [-0.05, 0) is 43.7 Å². The van der Waals surface area contributed by atoms with Gasteiger partial charge in [-0.15, -0.1) is 0 Å². The molecule has 17 heavy (non-hydrogen) atoms. The first-order valence-corrected chi connectivity index (χ1v) is 5.95. The van der Waals surface area contributed by atoms with Crippen LogP contribution in [0.3, 0.4) is 0 Å². The number of aliphatic hydroxyl groups excluding tert-OH is 1. The summed E-state index contributed by atoms with van der Waals surface area (Å²) in [6.07, 6.45) is 1.31. The highest BCUT2D eigenvalue weighted by Gasteiger charge is 2.39. The predicted molar refractivity (Wildman–Crippen MR) is 64.8 cm³/mol. The highest BCUT2D eigenvalue weighted by molar-refractivity contribution is 5.74. The molecule has 1 unspecified atom stereocenters. The minimum atomic E-state index is -1.16. The van der Waals surface area contributed by atoms with E-state index in [0.29, 0.717) is 5.92 Å². The SMILES string of the molecule is CC(C)(C(=O)O)C(O)c1ccccc1C1CC1. The maximum atomic E-state index is 11.2. The summed E-state index contributed by atoms with van der Waals surface area (Å²) < 4.78 is 0. The maximum Gasteiger partial charge on any atom is 0.312 e. The smallest absolute Gasteiger partial charge is 0.312 e. The fraction of sp³-hybridized carbons (Fsp3) is 0.500. The van der Waals surface area contributed by atoms with Crippen molar-refractivity contribution in [1.82, 2.24) is 0 Å². The molecule has 1 saturated carbocycles. The first-order valence-electron chi connectivity index (χ1n) is 5.95. The van der Waals surface area contributed by atoms with Gasteiger partial charge in [0.05, 0.1) is 11.5 Å². The van der Waals surface area contributed by atoms with Crippen LogP contribution in [0.25, 0.3) is 0 Å². The second-order valence-corrected chi connectivity index (χ2v) is 5.33. The Kier molecular flexibility index (Phi) is 2.96. The van der Waals surface area contributed by atoms with Crippen LogP contribution in [0.15, 0.2) is 24.3 Å². The van der Waals surface area contributed by atoms with Crippen LogP contribution < -0.4 is 0 Å². The Labute approximate surface area is 101 Å². The van der Waals surface area contributed by atoms with Crippen LogP contribution in [-0.2, 0) is 4.79 Å². The van der Waals surface area contributed by atoms with Crippen LogP contribution in [0.5, 0.6) is 0 Å². The monoisotopic (exact) mass is 234 g/mol. The van der Waals surface area contributed by atoms with E-state index < -0.39 is 17.5 Å². The zero-order valence-electron chi connectivity index (χ0n) is 10.2. The molecule has 1 aliphatic rings. The fourth-order valence-corrected chi connectivity index (χ4v) is 2.03. The number of aliphatic hydroxyl groups is 1. The molecular weight excluding hydrogens is 216 g/mol. The number of hydrogen-bond acceptors (Lipinski definition) is 2. The van der Waals surface area contributed by atoms with Gasteiger partial charge in [-0.25, -0.2) is 0 Å². The molecule has 1 atom stereocenters. The summed E-state index contributed by atoms with van der Waals surface area (Å²) in [5, 5.41) is 19.5. The predicted octanol–water partition coefficient (Wildman–Crippen LogP) is 2.71. The van der Waals surface area contributed by atoms with E-state index in [4.69, 9.17) is 5.11 Å². The Morgan fingerprint density at radius 1 is 1.35 bits per heavy atom. The van der Waals surface area contributed by atoms with Gasteiger partial charge in [0.15, 0.2) is 0 Å². The number of aliphatic carboxylic acids is 1. The highest BCUT2D eigenvalue weighted by Crippen LogP contribution is 2.45. The van der Waals surface area contributed by atoms with Crippen LogP contribution in [0.2, 0.25) is 0 Å². The summed E-state index contributed by atoms with van der Waals surface area (Å²) in [6, 6.07) is 7.62. The molecule has 3 nitrogen and oxygen atoms in total. The molecule has 2 N–H and O–H groups in total. The Balaban J connectivity index is 2.36. The van der Waals surface area contributed by atoms with Crippen molar-refractivity contribution in [1.29, 1.82) is 0 Å². The lowest BCUT2D eigenvalue weighted by atomic mass is 9.80. The number of benzene rings is 1. The molecule has 2 rings (SSSR count). The molecule has 0 heterocycles. The van der Waals surface area contributed by atoms with E-state index in [1.54, 1.807) is 13.8 Å². The van der Waals surface area contributed by atoms with E-state index in [2.05, 4.69) is 0 Å². The van der Waals surface area contributed by atoms with E-state index in [9.17, 15) is 9.90 Å². The largest absolute Gasteiger partial charge is 0.481 e.